The zero-order valence-corrected chi connectivity index (χ0v) is 9.26. The standard InChI is InChI=1S/C13H18O/c1-4-13(2,3)11-5-6-12-10(9-11)7-8-14-12/h5-6,9H,4,7-8H2,1-3H3. The summed E-state index contributed by atoms with van der Waals surface area (Å²) in [7, 11) is 0. The van der Waals surface area contributed by atoms with E-state index in [1.54, 1.807) is 0 Å². The third kappa shape index (κ3) is 1.52. The second-order valence-electron chi connectivity index (χ2n) is 4.66. The third-order valence-electron chi connectivity index (χ3n) is 3.35. The fraction of sp³-hybridized carbons (Fsp3) is 0.538. The van der Waals surface area contributed by atoms with Gasteiger partial charge in [-0.2, -0.15) is 0 Å². The Morgan fingerprint density at radius 3 is 2.86 bits per heavy atom. The number of hydrogen-bond donors (Lipinski definition) is 0. The molecule has 1 aliphatic heterocycles. The second kappa shape index (κ2) is 3.30. The van der Waals surface area contributed by atoms with E-state index in [1.807, 2.05) is 0 Å². The first-order valence-electron chi connectivity index (χ1n) is 5.40. The average molecular weight is 190 g/mol. The molecule has 0 aliphatic carbocycles. The first-order valence-corrected chi connectivity index (χ1v) is 5.40. The highest BCUT2D eigenvalue weighted by Crippen LogP contribution is 2.32. The minimum atomic E-state index is 0.289. The number of benzene rings is 1. The van der Waals surface area contributed by atoms with Crippen LogP contribution in [0, 0.1) is 0 Å². The Labute approximate surface area is 86.1 Å². The fourth-order valence-electron chi connectivity index (χ4n) is 1.81. The van der Waals surface area contributed by atoms with E-state index in [0.717, 1.165) is 18.8 Å². The second-order valence-corrected chi connectivity index (χ2v) is 4.66. The predicted octanol–water partition coefficient (Wildman–Crippen LogP) is 3.31. The summed E-state index contributed by atoms with van der Waals surface area (Å²) in [5, 5.41) is 0. The number of ether oxygens (including phenoxy) is 1. The van der Waals surface area contributed by atoms with Crippen molar-refractivity contribution in [1.29, 1.82) is 0 Å². The monoisotopic (exact) mass is 190 g/mol. The smallest absolute Gasteiger partial charge is 0.122 e. The van der Waals surface area contributed by atoms with Crippen molar-refractivity contribution in [3.63, 3.8) is 0 Å². The van der Waals surface area contributed by atoms with Gasteiger partial charge in [-0.25, -0.2) is 0 Å². The average Bonchev–Trinajstić information content (AvgIpc) is 2.64. The molecule has 0 atom stereocenters. The van der Waals surface area contributed by atoms with Gasteiger partial charge in [0.2, 0.25) is 0 Å². The molecule has 2 rings (SSSR count). The van der Waals surface area contributed by atoms with Crippen molar-refractivity contribution < 1.29 is 4.74 Å². The van der Waals surface area contributed by atoms with Crippen molar-refractivity contribution in [3.8, 4) is 5.75 Å². The van der Waals surface area contributed by atoms with Gasteiger partial charge >= 0.3 is 0 Å². The summed E-state index contributed by atoms with van der Waals surface area (Å²) in [5.74, 6) is 1.08. The molecule has 76 valence electrons. The van der Waals surface area contributed by atoms with Gasteiger partial charge in [0.25, 0.3) is 0 Å². The van der Waals surface area contributed by atoms with E-state index in [9.17, 15) is 0 Å². The van der Waals surface area contributed by atoms with Crippen LogP contribution < -0.4 is 4.74 Å². The topological polar surface area (TPSA) is 9.23 Å². The van der Waals surface area contributed by atoms with Crippen molar-refractivity contribution in [2.75, 3.05) is 6.61 Å². The van der Waals surface area contributed by atoms with Crippen LogP contribution in [-0.4, -0.2) is 6.61 Å². The summed E-state index contributed by atoms with van der Waals surface area (Å²) in [6.45, 7) is 7.68. The van der Waals surface area contributed by atoms with Gasteiger partial charge in [-0.05, 0) is 29.0 Å². The molecule has 1 aromatic carbocycles. The SMILES string of the molecule is CCC(C)(C)c1ccc2c(c1)CCO2. The summed E-state index contributed by atoms with van der Waals surface area (Å²) in [4.78, 5) is 0. The maximum atomic E-state index is 5.50. The van der Waals surface area contributed by atoms with E-state index >= 15 is 0 Å². The summed E-state index contributed by atoms with van der Waals surface area (Å²) < 4.78 is 5.50. The molecular formula is C13H18O. The minimum absolute atomic E-state index is 0.289. The van der Waals surface area contributed by atoms with Crippen LogP contribution in [0.1, 0.15) is 38.3 Å². The third-order valence-corrected chi connectivity index (χ3v) is 3.35. The molecule has 1 heteroatoms. The van der Waals surface area contributed by atoms with Gasteiger partial charge in [-0.3, -0.25) is 0 Å². The molecule has 0 bridgehead atoms. The van der Waals surface area contributed by atoms with Gasteiger partial charge in [-0.1, -0.05) is 32.9 Å². The normalized spacial score (nSPS) is 15.1. The lowest BCUT2D eigenvalue weighted by Gasteiger charge is -2.23. The maximum Gasteiger partial charge on any atom is 0.122 e. The van der Waals surface area contributed by atoms with Crippen molar-refractivity contribution in [2.24, 2.45) is 0 Å². The van der Waals surface area contributed by atoms with Crippen LogP contribution in [0.5, 0.6) is 5.75 Å². The lowest BCUT2D eigenvalue weighted by Crippen LogP contribution is -2.15. The molecule has 0 spiro atoms. The van der Waals surface area contributed by atoms with E-state index in [0.29, 0.717) is 0 Å². The van der Waals surface area contributed by atoms with Gasteiger partial charge in [0.1, 0.15) is 5.75 Å². The van der Waals surface area contributed by atoms with Gasteiger partial charge < -0.3 is 4.74 Å². The molecule has 0 N–H and O–H groups in total. The Bertz CT molecular complexity index is 339. The Morgan fingerprint density at radius 1 is 1.36 bits per heavy atom. The lowest BCUT2D eigenvalue weighted by molar-refractivity contribution is 0.356. The van der Waals surface area contributed by atoms with E-state index < -0.39 is 0 Å². The molecule has 1 nitrogen and oxygen atoms in total. The molecule has 0 radical (unpaired) electrons. The number of rotatable bonds is 2. The Morgan fingerprint density at radius 2 is 2.14 bits per heavy atom. The highest BCUT2D eigenvalue weighted by Gasteiger charge is 2.21. The lowest BCUT2D eigenvalue weighted by atomic mass is 9.81. The van der Waals surface area contributed by atoms with Crippen LogP contribution in [-0.2, 0) is 11.8 Å². The molecule has 0 amide bonds. The maximum absolute atomic E-state index is 5.50. The first kappa shape index (κ1) is 9.57. The molecule has 0 fully saturated rings. The van der Waals surface area contributed by atoms with E-state index in [2.05, 4.69) is 39.0 Å². The molecule has 1 aliphatic rings. The summed E-state index contributed by atoms with van der Waals surface area (Å²) >= 11 is 0. The Balaban J connectivity index is 2.38. The molecule has 1 aromatic rings. The van der Waals surface area contributed by atoms with Crippen LogP contribution in [0.15, 0.2) is 18.2 Å². The highest BCUT2D eigenvalue weighted by atomic mass is 16.5. The quantitative estimate of drug-likeness (QED) is 0.695. The van der Waals surface area contributed by atoms with Crippen molar-refractivity contribution in [1.82, 2.24) is 0 Å². The molecule has 0 saturated carbocycles. The first-order chi connectivity index (χ1) is 6.63. The van der Waals surface area contributed by atoms with Gasteiger partial charge in [0, 0.05) is 6.42 Å². The van der Waals surface area contributed by atoms with Crippen LogP contribution in [0.3, 0.4) is 0 Å². The number of hydrogen-bond acceptors (Lipinski definition) is 1. The molecular weight excluding hydrogens is 172 g/mol. The Hall–Kier alpha value is -0.980. The summed E-state index contributed by atoms with van der Waals surface area (Å²) in [6, 6.07) is 6.63. The zero-order valence-electron chi connectivity index (χ0n) is 9.26. The highest BCUT2D eigenvalue weighted by molar-refractivity contribution is 5.41. The minimum Gasteiger partial charge on any atom is -0.493 e. The van der Waals surface area contributed by atoms with Crippen LogP contribution in [0.2, 0.25) is 0 Å². The fourth-order valence-corrected chi connectivity index (χ4v) is 1.81. The molecule has 0 aromatic heterocycles. The largest absolute Gasteiger partial charge is 0.493 e. The molecule has 1 heterocycles. The number of fused-ring (bicyclic) bond motifs is 1. The van der Waals surface area contributed by atoms with Crippen molar-refractivity contribution >= 4 is 0 Å². The summed E-state index contributed by atoms with van der Waals surface area (Å²) in [5.41, 5.74) is 3.10. The molecule has 0 unspecified atom stereocenters. The van der Waals surface area contributed by atoms with Crippen molar-refractivity contribution in [2.45, 2.75) is 39.0 Å². The van der Waals surface area contributed by atoms with Crippen LogP contribution in [0.25, 0.3) is 0 Å². The zero-order chi connectivity index (χ0) is 10.2. The molecule has 14 heavy (non-hydrogen) atoms. The van der Waals surface area contributed by atoms with Crippen LogP contribution in [0.4, 0.5) is 0 Å². The van der Waals surface area contributed by atoms with E-state index in [1.165, 1.54) is 17.5 Å². The predicted molar refractivity (Wildman–Crippen MR) is 59.0 cm³/mol. The van der Waals surface area contributed by atoms with Crippen molar-refractivity contribution in [3.05, 3.63) is 29.3 Å². The van der Waals surface area contributed by atoms with Gasteiger partial charge in [0.15, 0.2) is 0 Å². The van der Waals surface area contributed by atoms with Gasteiger partial charge in [-0.15, -0.1) is 0 Å². The summed E-state index contributed by atoms with van der Waals surface area (Å²) in [6.07, 6.45) is 2.25. The van der Waals surface area contributed by atoms with E-state index in [-0.39, 0.29) is 5.41 Å². The Kier molecular flexibility index (Phi) is 2.26. The van der Waals surface area contributed by atoms with Crippen LogP contribution >= 0.6 is 0 Å². The van der Waals surface area contributed by atoms with Gasteiger partial charge in [0.05, 0.1) is 6.61 Å². The molecule has 0 saturated heterocycles. The van der Waals surface area contributed by atoms with E-state index in [4.69, 9.17) is 4.74 Å².